The van der Waals surface area contributed by atoms with Crippen molar-refractivity contribution in [2.75, 3.05) is 24.6 Å². The number of ether oxygens (including phenoxy) is 2. The number of carbonyl (C=O) groups is 2. The van der Waals surface area contributed by atoms with Crippen molar-refractivity contribution >= 4 is 17.6 Å². The van der Waals surface area contributed by atoms with Crippen molar-refractivity contribution in [3.05, 3.63) is 24.0 Å². The Hall–Kier alpha value is -2.19. The maximum absolute atomic E-state index is 13.1. The predicted molar refractivity (Wildman–Crippen MR) is 96.0 cm³/mol. The van der Waals surface area contributed by atoms with E-state index in [-0.39, 0.29) is 24.0 Å². The van der Waals surface area contributed by atoms with Gasteiger partial charge in [0.05, 0.1) is 30.6 Å². The van der Waals surface area contributed by atoms with Crippen LogP contribution in [0.2, 0.25) is 0 Å². The molecule has 8 heteroatoms. The second-order valence-electron chi connectivity index (χ2n) is 7.68. The van der Waals surface area contributed by atoms with Crippen molar-refractivity contribution in [2.24, 2.45) is 11.8 Å². The number of fused-ring (bicyclic) bond motifs is 1. The fourth-order valence-electron chi connectivity index (χ4n) is 4.19. The molecular formula is C19H25N3O5. The minimum atomic E-state index is -0.753. The van der Waals surface area contributed by atoms with Gasteiger partial charge in [0.15, 0.2) is 5.82 Å². The number of nitrogens with zero attached hydrogens (tertiary/aromatic N) is 2. The number of amides is 2. The van der Waals surface area contributed by atoms with Crippen molar-refractivity contribution in [1.82, 2.24) is 10.5 Å². The van der Waals surface area contributed by atoms with Gasteiger partial charge in [-0.3, -0.25) is 14.5 Å². The molecule has 3 aliphatic rings. The number of hydrogen-bond acceptors (Lipinski definition) is 6. The molecule has 2 saturated heterocycles. The van der Waals surface area contributed by atoms with Crippen molar-refractivity contribution in [3.63, 3.8) is 0 Å². The maximum atomic E-state index is 13.1. The number of aryl methyl sites for hydroxylation is 1. The molecule has 0 aromatic carbocycles. The number of hydrogen-bond donors (Lipinski definition) is 1. The molecule has 1 aromatic heterocycles. The van der Waals surface area contributed by atoms with Gasteiger partial charge < -0.3 is 19.3 Å². The molecule has 4 heterocycles. The molecule has 0 radical (unpaired) electrons. The summed E-state index contributed by atoms with van der Waals surface area (Å²) in [6.45, 7) is 7.18. The molecule has 2 bridgehead atoms. The second-order valence-corrected chi connectivity index (χ2v) is 7.68. The molecule has 1 spiro atoms. The molecular weight excluding hydrogens is 350 g/mol. The van der Waals surface area contributed by atoms with E-state index >= 15 is 0 Å². The summed E-state index contributed by atoms with van der Waals surface area (Å²) >= 11 is 0. The molecule has 0 aliphatic carbocycles. The molecule has 1 aromatic rings. The van der Waals surface area contributed by atoms with E-state index in [1.54, 1.807) is 17.9 Å². The van der Waals surface area contributed by atoms with Crippen molar-refractivity contribution in [3.8, 4) is 0 Å². The van der Waals surface area contributed by atoms with Crippen molar-refractivity contribution < 1.29 is 23.6 Å². The van der Waals surface area contributed by atoms with Gasteiger partial charge in [-0.25, -0.2) is 0 Å². The van der Waals surface area contributed by atoms with Gasteiger partial charge in [-0.05, 0) is 27.2 Å². The van der Waals surface area contributed by atoms with Gasteiger partial charge >= 0.3 is 0 Å². The molecule has 0 saturated carbocycles. The van der Waals surface area contributed by atoms with Gasteiger partial charge in [0, 0.05) is 19.2 Å². The molecule has 4 atom stereocenters. The standard InChI is InChI=1S/C19H25N3O5/c1-11(2)25-8-4-7-20-17(23)15-13-5-6-19(26-13)10-22(18(24)16(15)19)14-9-12(3)27-21-14/h5-6,9,11,13,15-16H,4,7-8,10H2,1-3H3,(H,20,23)/t13?,15?,16?,19-/m0/s1. The normalized spacial score (nSPS) is 31.2. The SMILES string of the molecule is Cc1cc(N2C[C@]34C=CC(O3)C(C(=O)NCCCOC(C)C)C4C2=O)no1. The molecule has 2 amide bonds. The monoisotopic (exact) mass is 375 g/mol. The Bertz CT molecular complexity index is 773. The van der Waals surface area contributed by atoms with Crippen LogP contribution in [-0.2, 0) is 19.1 Å². The summed E-state index contributed by atoms with van der Waals surface area (Å²) in [5.41, 5.74) is -0.753. The summed E-state index contributed by atoms with van der Waals surface area (Å²) in [6, 6.07) is 1.72. The third-order valence-electron chi connectivity index (χ3n) is 5.37. The third-order valence-corrected chi connectivity index (χ3v) is 5.37. The highest BCUT2D eigenvalue weighted by Gasteiger charge is 2.67. The van der Waals surface area contributed by atoms with Gasteiger partial charge in [0.2, 0.25) is 11.8 Å². The predicted octanol–water partition coefficient (Wildman–Crippen LogP) is 1.20. The van der Waals surface area contributed by atoms with E-state index in [0.29, 0.717) is 31.3 Å². The Morgan fingerprint density at radius 3 is 3.04 bits per heavy atom. The summed E-state index contributed by atoms with van der Waals surface area (Å²) in [5, 5.41) is 6.88. The average molecular weight is 375 g/mol. The highest BCUT2D eigenvalue weighted by Crippen LogP contribution is 2.52. The topological polar surface area (TPSA) is 93.9 Å². The summed E-state index contributed by atoms with van der Waals surface area (Å²) in [6.07, 6.45) is 4.37. The van der Waals surface area contributed by atoms with Crippen LogP contribution in [0.3, 0.4) is 0 Å². The van der Waals surface area contributed by atoms with E-state index in [9.17, 15) is 9.59 Å². The van der Waals surface area contributed by atoms with Gasteiger partial charge in [0.1, 0.15) is 11.4 Å². The van der Waals surface area contributed by atoms with E-state index in [1.807, 2.05) is 26.0 Å². The minimum absolute atomic E-state index is 0.140. The molecule has 27 heavy (non-hydrogen) atoms. The fourth-order valence-corrected chi connectivity index (χ4v) is 4.19. The number of anilines is 1. The van der Waals surface area contributed by atoms with Crippen LogP contribution < -0.4 is 10.2 Å². The largest absolute Gasteiger partial charge is 0.379 e. The lowest BCUT2D eigenvalue weighted by atomic mass is 9.77. The summed E-state index contributed by atoms with van der Waals surface area (Å²) in [4.78, 5) is 27.4. The van der Waals surface area contributed by atoms with Crippen LogP contribution in [0.1, 0.15) is 26.0 Å². The van der Waals surface area contributed by atoms with Crippen LogP contribution >= 0.6 is 0 Å². The summed E-state index contributed by atoms with van der Waals surface area (Å²) < 4.78 is 16.7. The number of aromatic nitrogens is 1. The van der Waals surface area contributed by atoms with Gasteiger partial charge in [-0.1, -0.05) is 17.3 Å². The highest BCUT2D eigenvalue weighted by molar-refractivity contribution is 6.02. The zero-order valence-electron chi connectivity index (χ0n) is 15.8. The van der Waals surface area contributed by atoms with Crippen molar-refractivity contribution in [1.29, 1.82) is 0 Å². The molecule has 146 valence electrons. The van der Waals surface area contributed by atoms with Gasteiger partial charge in [-0.2, -0.15) is 0 Å². The first-order valence-corrected chi connectivity index (χ1v) is 9.42. The lowest BCUT2D eigenvalue weighted by Crippen LogP contribution is -2.44. The molecule has 2 fully saturated rings. The van der Waals surface area contributed by atoms with E-state index in [0.717, 1.165) is 6.42 Å². The van der Waals surface area contributed by atoms with Crippen LogP contribution in [0.5, 0.6) is 0 Å². The van der Waals surface area contributed by atoms with E-state index < -0.39 is 17.4 Å². The maximum Gasteiger partial charge on any atom is 0.235 e. The van der Waals surface area contributed by atoms with Crippen LogP contribution in [0.15, 0.2) is 22.7 Å². The Labute approximate surface area is 157 Å². The molecule has 1 N–H and O–H groups in total. The third kappa shape index (κ3) is 3.06. The summed E-state index contributed by atoms with van der Waals surface area (Å²) in [5.74, 6) is -0.244. The lowest BCUT2D eigenvalue weighted by Gasteiger charge is -2.23. The Balaban J connectivity index is 1.44. The number of carbonyl (C=O) groups excluding carboxylic acids is 2. The first kappa shape index (κ1) is 18.2. The molecule has 3 unspecified atom stereocenters. The van der Waals surface area contributed by atoms with Crippen LogP contribution in [0, 0.1) is 18.8 Å². The average Bonchev–Trinajstić information content (AvgIpc) is 3.35. The minimum Gasteiger partial charge on any atom is -0.379 e. The number of rotatable bonds is 7. The van der Waals surface area contributed by atoms with Crippen LogP contribution in [0.25, 0.3) is 0 Å². The van der Waals surface area contributed by atoms with E-state index in [2.05, 4.69) is 10.5 Å². The second kappa shape index (κ2) is 6.76. The van der Waals surface area contributed by atoms with Crippen LogP contribution in [-0.4, -0.2) is 54.5 Å². The fraction of sp³-hybridized carbons (Fsp3) is 0.632. The zero-order valence-corrected chi connectivity index (χ0v) is 15.8. The first-order valence-electron chi connectivity index (χ1n) is 9.42. The Kier molecular flexibility index (Phi) is 4.55. The first-order chi connectivity index (χ1) is 12.9. The van der Waals surface area contributed by atoms with E-state index in [1.165, 1.54) is 0 Å². The molecule has 4 rings (SSSR count). The quantitative estimate of drug-likeness (QED) is 0.569. The summed E-state index contributed by atoms with van der Waals surface area (Å²) in [7, 11) is 0. The van der Waals surface area contributed by atoms with Gasteiger partial charge in [-0.15, -0.1) is 0 Å². The van der Waals surface area contributed by atoms with E-state index in [4.69, 9.17) is 14.0 Å². The van der Waals surface area contributed by atoms with Gasteiger partial charge in [0.25, 0.3) is 0 Å². The molecule has 8 nitrogen and oxygen atoms in total. The highest BCUT2D eigenvalue weighted by atomic mass is 16.5. The van der Waals surface area contributed by atoms with Crippen molar-refractivity contribution in [2.45, 2.75) is 45.0 Å². The lowest BCUT2D eigenvalue weighted by molar-refractivity contribution is -0.132. The smallest absolute Gasteiger partial charge is 0.235 e. The van der Waals surface area contributed by atoms with Crippen LogP contribution in [0.4, 0.5) is 5.82 Å². The molecule has 3 aliphatic heterocycles. The zero-order chi connectivity index (χ0) is 19.2. The Morgan fingerprint density at radius 2 is 2.33 bits per heavy atom. The Morgan fingerprint density at radius 1 is 1.52 bits per heavy atom. The number of nitrogens with one attached hydrogen (secondary N) is 1.